The van der Waals surface area contributed by atoms with Crippen molar-refractivity contribution < 1.29 is 14.7 Å². The molecule has 1 heterocycles. The molecular weight excluding hydrogens is 270 g/mol. The molecule has 0 aliphatic carbocycles. The zero-order chi connectivity index (χ0) is 15.6. The van der Waals surface area contributed by atoms with E-state index in [0.717, 1.165) is 0 Å². The first-order valence-electron chi connectivity index (χ1n) is 6.55. The molecule has 0 spiro atoms. The Morgan fingerprint density at radius 1 is 1.24 bits per heavy atom. The Bertz CT molecular complexity index is 678. The molecule has 0 aliphatic heterocycles. The number of hydrogen-bond donors (Lipinski definition) is 3. The average Bonchev–Trinajstić information content (AvgIpc) is 2.94. The Morgan fingerprint density at radius 3 is 2.38 bits per heavy atom. The van der Waals surface area contributed by atoms with Crippen LogP contribution in [0.3, 0.4) is 0 Å². The molecule has 2 rings (SSSR count). The number of benzene rings is 1. The Hall–Kier alpha value is -2.63. The van der Waals surface area contributed by atoms with Crippen molar-refractivity contribution in [1.29, 1.82) is 0 Å². The van der Waals surface area contributed by atoms with Gasteiger partial charge in [0.2, 0.25) is 0 Å². The number of imidazole rings is 1. The minimum atomic E-state index is -1.10. The van der Waals surface area contributed by atoms with E-state index in [1.807, 2.05) is 0 Å². The van der Waals surface area contributed by atoms with Crippen LogP contribution in [0.4, 0.5) is 0 Å². The van der Waals surface area contributed by atoms with E-state index in [4.69, 9.17) is 0 Å². The number of carbonyl (C=O) groups excluding carboxylic acids is 1. The lowest BCUT2D eigenvalue weighted by Gasteiger charge is -2.15. The van der Waals surface area contributed by atoms with E-state index < -0.39 is 11.9 Å². The highest BCUT2D eigenvalue weighted by molar-refractivity contribution is 6.06. The quantitative estimate of drug-likeness (QED) is 0.803. The van der Waals surface area contributed by atoms with Gasteiger partial charge in [-0.15, -0.1) is 0 Å². The summed E-state index contributed by atoms with van der Waals surface area (Å²) in [6.07, 6.45) is 3.26. The number of nitrogens with zero attached hydrogens (tertiary/aromatic N) is 1. The summed E-state index contributed by atoms with van der Waals surface area (Å²) < 4.78 is 0. The summed E-state index contributed by atoms with van der Waals surface area (Å²) in [5.74, 6) is -0.907. The fourth-order valence-electron chi connectivity index (χ4n) is 2.23. The second-order valence-corrected chi connectivity index (χ2v) is 4.92. The average molecular weight is 287 g/mol. The highest BCUT2D eigenvalue weighted by atomic mass is 16.4. The fourth-order valence-corrected chi connectivity index (χ4v) is 2.23. The standard InChI is InChI=1S/C15H17N3O3/c1-8-4-5-9(2)12(15(20)21)11(8)14(19)18-10(3)13-16-6-7-17-13/h4-7,10H,1-3H3,(H,16,17)(H,18,19)(H,20,21). The molecule has 110 valence electrons. The predicted molar refractivity (Wildman–Crippen MR) is 77.3 cm³/mol. The molecule has 3 N–H and O–H groups in total. The topological polar surface area (TPSA) is 95.1 Å². The molecule has 1 aromatic carbocycles. The Balaban J connectivity index is 2.35. The van der Waals surface area contributed by atoms with Crippen molar-refractivity contribution in [2.75, 3.05) is 0 Å². The predicted octanol–water partition coefficient (Wildman–Crippen LogP) is 2.22. The van der Waals surface area contributed by atoms with Crippen LogP contribution in [-0.2, 0) is 0 Å². The third-order valence-corrected chi connectivity index (χ3v) is 3.34. The molecule has 0 saturated heterocycles. The van der Waals surface area contributed by atoms with Crippen LogP contribution in [0.15, 0.2) is 24.5 Å². The van der Waals surface area contributed by atoms with Gasteiger partial charge < -0.3 is 15.4 Å². The van der Waals surface area contributed by atoms with Gasteiger partial charge in [-0.3, -0.25) is 4.79 Å². The summed E-state index contributed by atoms with van der Waals surface area (Å²) >= 11 is 0. The van der Waals surface area contributed by atoms with Crippen LogP contribution in [0.2, 0.25) is 0 Å². The van der Waals surface area contributed by atoms with Crippen molar-refractivity contribution in [1.82, 2.24) is 15.3 Å². The van der Waals surface area contributed by atoms with Crippen LogP contribution in [-0.4, -0.2) is 27.0 Å². The van der Waals surface area contributed by atoms with Crippen molar-refractivity contribution in [2.24, 2.45) is 0 Å². The molecule has 0 aliphatic rings. The van der Waals surface area contributed by atoms with Crippen molar-refractivity contribution in [3.63, 3.8) is 0 Å². The molecule has 2 aromatic rings. The molecule has 6 nitrogen and oxygen atoms in total. The van der Waals surface area contributed by atoms with Gasteiger partial charge in [-0.1, -0.05) is 12.1 Å². The zero-order valence-electron chi connectivity index (χ0n) is 12.1. The molecule has 1 atom stereocenters. The molecule has 0 saturated carbocycles. The minimum absolute atomic E-state index is 0.0409. The molecule has 0 radical (unpaired) electrons. The number of carboxylic acids is 1. The largest absolute Gasteiger partial charge is 0.478 e. The maximum atomic E-state index is 12.4. The van der Waals surface area contributed by atoms with E-state index in [1.165, 1.54) is 0 Å². The number of aryl methyl sites for hydroxylation is 2. The number of aromatic amines is 1. The van der Waals surface area contributed by atoms with Gasteiger partial charge >= 0.3 is 5.97 Å². The number of H-pyrrole nitrogens is 1. The lowest BCUT2D eigenvalue weighted by Crippen LogP contribution is -2.30. The van der Waals surface area contributed by atoms with Crippen molar-refractivity contribution in [3.05, 3.63) is 52.6 Å². The van der Waals surface area contributed by atoms with Crippen LogP contribution in [0, 0.1) is 13.8 Å². The second kappa shape index (κ2) is 5.78. The van der Waals surface area contributed by atoms with E-state index in [0.29, 0.717) is 17.0 Å². The smallest absolute Gasteiger partial charge is 0.336 e. The van der Waals surface area contributed by atoms with Gasteiger partial charge in [-0.2, -0.15) is 0 Å². The number of amides is 1. The van der Waals surface area contributed by atoms with Crippen LogP contribution in [0.1, 0.15) is 50.6 Å². The second-order valence-electron chi connectivity index (χ2n) is 4.92. The van der Waals surface area contributed by atoms with Crippen LogP contribution in [0.25, 0.3) is 0 Å². The number of aromatic carboxylic acids is 1. The number of carboxylic acid groups (broad SMARTS) is 1. The monoisotopic (exact) mass is 287 g/mol. The first-order valence-corrected chi connectivity index (χ1v) is 6.55. The van der Waals surface area contributed by atoms with E-state index in [2.05, 4.69) is 15.3 Å². The number of carbonyl (C=O) groups is 2. The summed E-state index contributed by atoms with van der Waals surface area (Å²) in [7, 11) is 0. The van der Waals surface area contributed by atoms with Crippen LogP contribution in [0.5, 0.6) is 0 Å². The lowest BCUT2D eigenvalue weighted by atomic mass is 9.96. The highest BCUT2D eigenvalue weighted by Crippen LogP contribution is 2.20. The number of aromatic nitrogens is 2. The van der Waals surface area contributed by atoms with Crippen molar-refractivity contribution in [2.45, 2.75) is 26.8 Å². The molecule has 1 unspecified atom stereocenters. The molecule has 0 fully saturated rings. The van der Waals surface area contributed by atoms with Crippen molar-refractivity contribution >= 4 is 11.9 Å². The number of rotatable bonds is 4. The van der Waals surface area contributed by atoms with Crippen molar-refractivity contribution in [3.8, 4) is 0 Å². The van der Waals surface area contributed by atoms with Gasteiger partial charge in [0.1, 0.15) is 5.82 Å². The van der Waals surface area contributed by atoms with Gasteiger partial charge in [0.05, 0.1) is 17.2 Å². The van der Waals surface area contributed by atoms with Gasteiger partial charge in [0.25, 0.3) is 5.91 Å². The van der Waals surface area contributed by atoms with Gasteiger partial charge in [0.15, 0.2) is 0 Å². The maximum absolute atomic E-state index is 12.4. The summed E-state index contributed by atoms with van der Waals surface area (Å²) in [6, 6.07) is 3.11. The molecule has 6 heteroatoms. The molecule has 1 aromatic heterocycles. The number of nitrogens with one attached hydrogen (secondary N) is 2. The fraction of sp³-hybridized carbons (Fsp3) is 0.267. The third kappa shape index (κ3) is 2.94. The Morgan fingerprint density at radius 2 is 1.86 bits per heavy atom. The summed E-state index contributed by atoms with van der Waals surface area (Å²) in [5, 5.41) is 12.1. The summed E-state index contributed by atoms with van der Waals surface area (Å²) in [4.78, 5) is 30.8. The summed E-state index contributed by atoms with van der Waals surface area (Å²) in [6.45, 7) is 5.18. The highest BCUT2D eigenvalue weighted by Gasteiger charge is 2.23. The lowest BCUT2D eigenvalue weighted by molar-refractivity contribution is 0.0689. The zero-order valence-corrected chi connectivity index (χ0v) is 12.1. The molecule has 21 heavy (non-hydrogen) atoms. The van der Waals surface area contributed by atoms with E-state index in [1.54, 1.807) is 45.3 Å². The number of hydrogen-bond acceptors (Lipinski definition) is 3. The third-order valence-electron chi connectivity index (χ3n) is 3.34. The minimum Gasteiger partial charge on any atom is -0.478 e. The summed E-state index contributed by atoms with van der Waals surface area (Å²) in [5.41, 5.74) is 1.42. The Kier molecular flexibility index (Phi) is 4.07. The van der Waals surface area contributed by atoms with E-state index in [9.17, 15) is 14.7 Å². The van der Waals surface area contributed by atoms with Gasteiger partial charge in [-0.05, 0) is 31.9 Å². The van der Waals surface area contributed by atoms with Crippen LogP contribution >= 0.6 is 0 Å². The van der Waals surface area contributed by atoms with Crippen LogP contribution < -0.4 is 5.32 Å². The SMILES string of the molecule is Cc1ccc(C)c(C(=O)NC(C)c2ncc[nH]2)c1C(=O)O. The molecular formula is C15H17N3O3. The van der Waals surface area contributed by atoms with Gasteiger partial charge in [-0.25, -0.2) is 9.78 Å². The van der Waals surface area contributed by atoms with E-state index in [-0.39, 0.29) is 17.2 Å². The molecule has 1 amide bonds. The first kappa shape index (κ1) is 14.8. The van der Waals surface area contributed by atoms with E-state index >= 15 is 0 Å². The Labute approximate surface area is 122 Å². The normalized spacial score (nSPS) is 12.0. The van der Waals surface area contributed by atoms with Gasteiger partial charge in [0, 0.05) is 12.4 Å². The maximum Gasteiger partial charge on any atom is 0.336 e. The first-order chi connectivity index (χ1) is 9.91. The molecule has 0 bridgehead atoms.